The molecule has 0 aliphatic heterocycles. The Balaban J connectivity index is 2.12. The van der Waals surface area contributed by atoms with Gasteiger partial charge in [0.15, 0.2) is 0 Å². The van der Waals surface area contributed by atoms with Gasteiger partial charge in [-0.2, -0.15) is 0 Å². The van der Waals surface area contributed by atoms with Gasteiger partial charge in [-0.05, 0) is 25.0 Å². The Morgan fingerprint density at radius 2 is 1.94 bits per heavy atom. The van der Waals surface area contributed by atoms with E-state index in [1.54, 1.807) is 6.07 Å². The molecule has 1 aromatic carbocycles. The average molecular weight is 254 g/mol. The number of hydrogen-bond acceptors (Lipinski definition) is 4. The van der Waals surface area contributed by atoms with E-state index in [0.29, 0.717) is 18.6 Å². The van der Waals surface area contributed by atoms with Crippen molar-refractivity contribution in [3.63, 3.8) is 0 Å². The molecule has 0 spiro atoms. The molecule has 5 nitrogen and oxygen atoms in total. The molecule has 18 heavy (non-hydrogen) atoms. The molecular weight excluding hydrogens is 236 g/mol. The van der Waals surface area contributed by atoms with Crippen molar-refractivity contribution in [2.75, 3.05) is 6.61 Å². The fourth-order valence-corrected chi connectivity index (χ4v) is 1.51. The number of phenolic OH excluding ortho intramolecular Hbond substituents is 2. The second kappa shape index (κ2) is 7.55. The molecule has 0 saturated carbocycles. The minimum absolute atomic E-state index is 0.0147. The van der Waals surface area contributed by atoms with E-state index in [9.17, 15) is 9.90 Å². The Morgan fingerprint density at radius 3 is 2.61 bits per heavy atom. The van der Waals surface area contributed by atoms with Crippen LogP contribution in [0.5, 0.6) is 11.5 Å². The average Bonchev–Trinajstić information content (AvgIpc) is 2.30. The minimum Gasteiger partial charge on any atom is -0.508 e. The number of unbranched alkanes of at least 4 members (excludes halogenated alkanes) is 2. The molecule has 5 heteroatoms. The Hall–Kier alpha value is -1.75. The molecule has 0 radical (unpaired) electrons. The third kappa shape index (κ3) is 5.54. The summed E-state index contributed by atoms with van der Waals surface area (Å²) < 4.78 is 5.36. The van der Waals surface area contributed by atoms with Crippen molar-refractivity contribution < 1.29 is 24.9 Å². The molecule has 0 saturated heterocycles. The summed E-state index contributed by atoms with van der Waals surface area (Å²) in [4.78, 5) is 10.3. The van der Waals surface area contributed by atoms with Gasteiger partial charge < -0.3 is 20.1 Å². The van der Waals surface area contributed by atoms with Gasteiger partial charge in [0.05, 0.1) is 6.61 Å². The number of carboxylic acids is 1. The summed E-state index contributed by atoms with van der Waals surface area (Å²) in [6, 6.07) is 4.37. The van der Waals surface area contributed by atoms with E-state index in [-0.39, 0.29) is 24.5 Å². The Morgan fingerprint density at radius 1 is 1.17 bits per heavy atom. The van der Waals surface area contributed by atoms with E-state index in [1.807, 2.05) is 0 Å². The number of hydrogen-bond donors (Lipinski definition) is 3. The van der Waals surface area contributed by atoms with Crippen LogP contribution in [-0.2, 0) is 16.1 Å². The minimum atomic E-state index is -0.773. The number of phenols is 2. The molecule has 0 aromatic heterocycles. The SMILES string of the molecule is O=C(O)CCCCCOCc1ccc(O)cc1O. The summed E-state index contributed by atoms with van der Waals surface area (Å²) in [7, 11) is 0. The van der Waals surface area contributed by atoms with Crippen LogP contribution in [0, 0.1) is 0 Å². The molecule has 0 aliphatic carbocycles. The predicted molar refractivity (Wildman–Crippen MR) is 65.5 cm³/mol. The van der Waals surface area contributed by atoms with Crippen molar-refractivity contribution in [1.29, 1.82) is 0 Å². The van der Waals surface area contributed by atoms with Crippen LogP contribution >= 0.6 is 0 Å². The largest absolute Gasteiger partial charge is 0.508 e. The van der Waals surface area contributed by atoms with E-state index >= 15 is 0 Å². The molecule has 0 fully saturated rings. The highest BCUT2D eigenvalue weighted by Gasteiger charge is 2.02. The molecule has 0 heterocycles. The number of rotatable bonds is 8. The standard InChI is InChI=1S/C13H18O5/c14-11-6-5-10(12(15)8-11)9-18-7-3-1-2-4-13(16)17/h5-6,8,14-15H,1-4,7,9H2,(H,16,17). The van der Waals surface area contributed by atoms with Crippen LogP contribution in [-0.4, -0.2) is 27.9 Å². The van der Waals surface area contributed by atoms with E-state index in [4.69, 9.17) is 14.9 Å². The number of carbonyl (C=O) groups is 1. The molecule has 0 atom stereocenters. The van der Waals surface area contributed by atoms with E-state index < -0.39 is 5.97 Å². The van der Waals surface area contributed by atoms with Crippen LogP contribution in [0.4, 0.5) is 0 Å². The van der Waals surface area contributed by atoms with Crippen molar-refractivity contribution >= 4 is 5.97 Å². The third-order valence-electron chi connectivity index (χ3n) is 2.51. The van der Waals surface area contributed by atoms with Gasteiger partial charge in [-0.1, -0.05) is 6.42 Å². The van der Waals surface area contributed by atoms with Crippen LogP contribution in [0.3, 0.4) is 0 Å². The van der Waals surface area contributed by atoms with Gasteiger partial charge in [-0.25, -0.2) is 0 Å². The number of ether oxygens (including phenoxy) is 1. The molecule has 1 rings (SSSR count). The molecule has 3 N–H and O–H groups in total. The zero-order chi connectivity index (χ0) is 13.4. The maximum absolute atomic E-state index is 10.3. The first kappa shape index (κ1) is 14.3. The summed E-state index contributed by atoms with van der Waals surface area (Å²) in [5.41, 5.74) is 0.623. The lowest BCUT2D eigenvalue weighted by Crippen LogP contribution is -1.98. The summed E-state index contributed by atoms with van der Waals surface area (Å²) >= 11 is 0. The first-order valence-corrected chi connectivity index (χ1v) is 5.90. The Labute approximate surface area is 106 Å². The highest BCUT2D eigenvalue weighted by Crippen LogP contribution is 2.23. The number of benzene rings is 1. The van der Waals surface area contributed by atoms with E-state index in [0.717, 1.165) is 12.8 Å². The fraction of sp³-hybridized carbons (Fsp3) is 0.462. The quantitative estimate of drug-likeness (QED) is 0.619. The van der Waals surface area contributed by atoms with Crippen molar-refractivity contribution in [2.45, 2.75) is 32.3 Å². The summed E-state index contributed by atoms with van der Waals surface area (Å²) in [6.45, 7) is 0.810. The summed E-state index contributed by atoms with van der Waals surface area (Å²) in [6.07, 6.45) is 2.46. The Bertz CT molecular complexity index is 389. The third-order valence-corrected chi connectivity index (χ3v) is 2.51. The van der Waals surface area contributed by atoms with Gasteiger partial charge in [-0.15, -0.1) is 0 Å². The second-order valence-corrected chi connectivity index (χ2v) is 4.07. The number of aromatic hydroxyl groups is 2. The fourth-order valence-electron chi connectivity index (χ4n) is 1.51. The zero-order valence-electron chi connectivity index (χ0n) is 10.1. The van der Waals surface area contributed by atoms with Crippen LogP contribution in [0.25, 0.3) is 0 Å². The van der Waals surface area contributed by atoms with Crippen molar-refractivity contribution in [2.24, 2.45) is 0 Å². The van der Waals surface area contributed by atoms with Gasteiger partial charge in [0.25, 0.3) is 0 Å². The van der Waals surface area contributed by atoms with Crippen molar-refractivity contribution in [3.8, 4) is 11.5 Å². The van der Waals surface area contributed by atoms with Gasteiger partial charge in [0.2, 0.25) is 0 Å². The topological polar surface area (TPSA) is 87.0 Å². The first-order valence-electron chi connectivity index (χ1n) is 5.90. The number of carboxylic acid groups (broad SMARTS) is 1. The number of aliphatic carboxylic acids is 1. The molecule has 0 amide bonds. The van der Waals surface area contributed by atoms with Crippen LogP contribution < -0.4 is 0 Å². The summed E-state index contributed by atoms with van der Waals surface area (Å²) in [5.74, 6) is -0.740. The van der Waals surface area contributed by atoms with Crippen molar-refractivity contribution in [1.82, 2.24) is 0 Å². The highest BCUT2D eigenvalue weighted by molar-refractivity contribution is 5.66. The maximum atomic E-state index is 10.3. The normalized spacial score (nSPS) is 10.4. The Kier molecular flexibility index (Phi) is 6.00. The smallest absolute Gasteiger partial charge is 0.303 e. The monoisotopic (exact) mass is 254 g/mol. The molecule has 100 valence electrons. The lowest BCUT2D eigenvalue weighted by Gasteiger charge is -2.06. The summed E-state index contributed by atoms with van der Waals surface area (Å²) in [5, 5.41) is 27.0. The molecular formula is C13H18O5. The molecule has 1 aromatic rings. The van der Waals surface area contributed by atoms with Gasteiger partial charge >= 0.3 is 5.97 Å². The lowest BCUT2D eigenvalue weighted by molar-refractivity contribution is -0.137. The van der Waals surface area contributed by atoms with Crippen LogP contribution in [0.15, 0.2) is 18.2 Å². The molecule has 0 unspecified atom stereocenters. The van der Waals surface area contributed by atoms with Gasteiger partial charge in [-0.3, -0.25) is 4.79 Å². The second-order valence-electron chi connectivity index (χ2n) is 4.07. The maximum Gasteiger partial charge on any atom is 0.303 e. The van der Waals surface area contributed by atoms with Crippen LogP contribution in [0.1, 0.15) is 31.2 Å². The van der Waals surface area contributed by atoms with Crippen LogP contribution in [0.2, 0.25) is 0 Å². The zero-order valence-corrected chi connectivity index (χ0v) is 10.1. The first-order chi connectivity index (χ1) is 8.59. The van der Waals surface area contributed by atoms with E-state index in [2.05, 4.69) is 0 Å². The lowest BCUT2D eigenvalue weighted by atomic mass is 10.2. The highest BCUT2D eigenvalue weighted by atomic mass is 16.5. The molecule has 0 bridgehead atoms. The van der Waals surface area contributed by atoms with Crippen molar-refractivity contribution in [3.05, 3.63) is 23.8 Å². The van der Waals surface area contributed by atoms with Gasteiger partial charge in [0.1, 0.15) is 11.5 Å². The predicted octanol–water partition coefficient (Wildman–Crippen LogP) is 2.26. The molecule has 0 aliphatic rings. The van der Waals surface area contributed by atoms with E-state index in [1.165, 1.54) is 12.1 Å². The van der Waals surface area contributed by atoms with Gasteiger partial charge in [0, 0.05) is 24.7 Å².